The molecule has 1 atom stereocenters. The molecule has 0 aliphatic carbocycles. The first-order valence-corrected chi connectivity index (χ1v) is 8.85. The van der Waals surface area contributed by atoms with E-state index >= 15 is 0 Å². The van der Waals surface area contributed by atoms with E-state index in [2.05, 4.69) is 0 Å². The third-order valence-corrected chi connectivity index (χ3v) is 5.09. The predicted molar refractivity (Wildman–Crippen MR) is 95.7 cm³/mol. The fourth-order valence-electron chi connectivity index (χ4n) is 3.98. The minimum Gasteiger partial charge on any atom is -0.488 e. The molecular formula is C20H21NO5. The van der Waals surface area contributed by atoms with Crippen molar-refractivity contribution in [1.82, 2.24) is 0 Å². The molecule has 3 heterocycles. The summed E-state index contributed by atoms with van der Waals surface area (Å²) in [7, 11) is 0. The predicted octanol–water partition coefficient (Wildman–Crippen LogP) is 2.83. The number of nitrogens with zero attached hydrogens (tertiary/aromatic N) is 1. The summed E-state index contributed by atoms with van der Waals surface area (Å²) in [6, 6.07) is 5.81. The summed E-state index contributed by atoms with van der Waals surface area (Å²) in [6.07, 6.45) is 2.15. The van der Waals surface area contributed by atoms with Crippen LogP contribution < -0.4 is 9.64 Å². The van der Waals surface area contributed by atoms with Gasteiger partial charge in [0, 0.05) is 12.0 Å². The Balaban J connectivity index is 1.94. The zero-order valence-electron chi connectivity index (χ0n) is 15.1. The molecule has 0 amide bonds. The zero-order chi connectivity index (χ0) is 18.5. The largest absolute Gasteiger partial charge is 0.488 e. The molecule has 4 rings (SSSR count). The Morgan fingerprint density at radius 1 is 1.23 bits per heavy atom. The van der Waals surface area contributed by atoms with Crippen molar-refractivity contribution >= 4 is 23.2 Å². The number of carbonyl (C=O) groups is 2. The van der Waals surface area contributed by atoms with E-state index in [-0.39, 0.29) is 32.2 Å². The molecule has 0 aromatic heterocycles. The Kier molecular flexibility index (Phi) is 3.79. The summed E-state index contributed by atoms with van der Waals surface area (Å²) in [4.78, 5) is 27.5. The number of hydrogen-bond acceptors (Lipinski definition) is 6. The number of anilines is 1. The van der Waals surface area contributed by atoms with Crippen LogP contribution in [0.5, 0.6) is 5.75 Å². The molecule has 3 aliphatic heterocycles. The van der Waals surface area contributed by atoms with Crippen LogP contribution in [0.4, 0.5) is 5.69 Å². The standard InChI is InChI=1S/C20H21NO5/c1-4-24-18(22)14-10-20(19(23)25-5-2)11-26-16-8-6-7-13-12(3)9-15(14)21(20)17(13)16/h6-9H,4-5,10-11H2,1-3H3. The van der Waals surface area contributed by atoms with Crippen LogP contribution in [-0.2, 0) is 19.1 Å². The molecule has 1 aromatic carbocycles. The topological polar surface area (TPSA) is 65.1 Å². The van der Waals surface area contributed by atoms with Crippen molar-refractivity contribution in [2.45, 2.75) is 32.7 Å². The number of rotatable bonds is 4. The molecule has 3 aliphatic rings. The van der Waals surface area contributed by atoms with E-state index in [1.54, 1.807) is 13.8 Å². The Morgan fingerprint density at radius 3 is 2.73 bits per heavy atom. The van der Waals surface area contributed by atoms with Crippen molar-refractivity contribution in [2.24, 2.45) is 0 Å². The van der Waals surface area contributed by atoms with Crippen molar-refractivity contribution in [2.75, 3.05) is 24.7 Å². The van der Waals surface area contributed by atoms with Crippen LogP contribution in [0.3, 0.4) is 0 Å². The van der Waals surface area contributed by atoms with Gasteiger partial charge in [-0.05, 0) is 38.5 Å². The number of benzene rings is 1. The van der Waals surface area contributed by atoms with Crippen LogP contribution in [0.15, 0.2) is 35.5 Å². The summed E-state index contributed by atoms with van der Waals surface area (Å²) < 4.78 is 16.6. The second kappa shape index (κ2) is 5.90. The smallest absolute Gasteiger partial charge is 0.336 e. The maximum Gasteiger partial charge on any atom is 0.336 e. The van der Waals surface area contributed by atoms with Gasteiger partial charge in [-0.2, -0.15) is 0 Å². The van der Waals surface area contributed by atoms with Gasteiger partial charge in [0.05, 0.1) is 30.2 Å². The maximum atomic E-state index is 13.0. The summed E-state index contributed by atoms with van der Waals surface area (Å²) in [5, 5.41) is 0. The normalized spacial score (nSPS) is 22.4. The van der Waals surface area contributed by atoms with Gasteiger partial charge in [0.25, 0.3) is 0 Å². The van der Waals surface area contributed by atoms with Gasteiger partial charge in [0.1, 0.15) is 12.4 Å². The lowest BCUT2D eigenvalue weighted by Gasteiger charge is -2.45. The summed E-state index contributed by atoms with van der Waals surface area (Å²) in [6.45, 7) is 6.20. The van der Waals surface area contributed by atoms with Gasteiger partial charge < -0.3 is 19.1 Å². The maximum absolute atomic E-state index is 13.0. The number of para-hydroxylation sites is 1. The Morgan fingerprint density at radius 2 is 2.00 bits per heavy atom. The molecule has 0 saturated carbocycles. The third kappa shape index (κ3) is 2.11. The van der Waals surface area contributed by atoms with E-state index in [9.17, 15) is 9.59 Å². The second-order valence-corrected chi connectivity index (χ2v) is 6.62. The van der Waals surface area contributed by atoms with E-state index in [1.165, 1.54) is 0 Å². The molecule has 6 heteroatoms. The summed E-state index contributed by atoms with van der Waals surface area (Å²) >= 11 is 0. The van der Waals surface area contributed by atoms with Gasteiger partial charge in [0.2, 0.25) is 0 Å². The molecule has 136 valence electrons. The third-order valence-electron chi connectivity index (χ3n) is 5.09. The molecule has 0 spiro atoms. The highest BCUT2D eigenvalue weighted by atomic mass is 16.5. The van der Waals surface area contributed by atoms with E-state index in [0.717, 1.165) is 16.8 Å². The van der Waals surface area contributed by atoms with Gasteiger partial charge in [-0.25, -0.2) is 9.59 Å². The molecule has 0 fully saturated rings. The fraction of sp³-hybridized carbons (Fsp3) is 0.400. The first-order valence-electron chi connectivity index (χ1n) is 8.85. The Hall–Kier alpha value is -2.76. The first kappa shape index (κ1) is 16.7. The van der Waals surface area contributed by atoms with Crippen LogP contribution >= 0.6 is 0 Å². The fourth-order valence-corrected chi connectivity index (χ4v) is 3.98. The highest BCUT2D eigenvalue weighted by Crippen LogP contribution is 2.54. The highest BCUT2D eigenvalue weighted by molar-refractivity contribution is 6.03. The summed E-state index contributed by atoms with van der Waals surface area (Å²) in [5.74, 6) is -0.0757. The SMILES string of the molecule is CCOC(=O)C1=C2C=C(C)c3cccc4c3N2C(C(=O)OCC)(CO4)C1. The summed E-state index contributed by atoms with van der Waals surface area (Å²) in [5.41, 5.74) is 2.95. The number of carbonyl (C=O) groups excluding carboxylic acids is 2. The van der Waals surface area contributed by atoms with Crippen LogP contribution in [-0.4, -0.2) is 37.3 Å². The molecule has 0 N–H and O–H groups in total. The lowest BCUT2D eigenvalue weighted by Crippen LogP contribution is -2.59. The highest BCUT2D eigenvalue weighted by Gasteiger charge is 2.58. The van der Waals surface area contributed by atoms with Crippen molar-refractivity contribution in [3.63, 3.8) is 0 Å². The lowest BCUT2D eigenvalue weighted by atomic mass is 9.90. The van der Waals surface area contributed by atoms with Gasteiger partial charge >= 0.3 is 11.9 Å². The molecule has 0 bridgehead atoms. The number of ether oxygens (including phenoxy) is 3. The van der Waals surface area contributed by atoms with E-state index in [4.69, 9.17) is 14.2 Å². The van der Waals surface area contributed by atoms with Gasteiger partial charge in [-0.3, -0.25) is 0 Å². The molecule has 0 radical (unpaired) electrons. The lowest BCUT2D eigenvalue weighted by molar-refractivity contribution is -0.151. The molecule has 0 saturated heterocycles. The minimum absolute atomic E-state index is 0.127. The minimum atomic E-state index is -1.08. The van der Waals surface area contributed by atoms with Gasteiger partial charge in [-0.1, -0.05) is 12.1 Å². The van der Waals surface area contributed by atoms with Crippen molar-refractivity contribution in [3.05, 3.63) is 41.1 Å². The van der Waals surface area contributed by atoms with E-state index in [1.807, 2.05) is 36.1 Å². The first-order chi connectivity index (χ1) is 12.5. The molecule has 1 unspecified atom stereocenters. The molecule has 6 nitrogen and oxygen atoms in total. The second-order valence-electron chi connectivity index (χ2n) is 6.62. The van der Waals surface area contributed by atoms with Crippen LogP contribution in [0.1, 0.15) is 32.8 Å². The van der Waals surface area contributed by atoms with Crippen molar-refractivity contribution in [1.29, 1.82) is 0 Å². The molecule has 26 heavy (non-hydrogen) atoms. The van der Waals surface area contributed by atoms with E-state index in [0.29, 0.717) is 17.0 Å². The average Bonchev–Trinajstić information content (AvgIpc) is 2.98. The van der Waals surface area contributed by atoms with Crippen LogP contribution in [0.2, 0.25) is 0 Å². The van der Waals surface area contributed by atoms with Gasteiger partial charge in [-0.15, -0.1) is 0 Å². The van der Waals surface area contributed by atoms with Crippen molar-refractivity contribution in [3.8, 4) is 5.75 Å². The zero-order valence-corrected chi connectivity index (χ0v) is 15.1. The molecule has 1 aromatic rings. The van der Waals surface area contributed by atoms with Gasteiger partial charge in [0.15, 0.2) is 5.54 Å². The van der Waals surface area contributed by atoms with E-state index < -0.39 is 11.5 Å². The van der Waals surface area contributed by atoms with Crippen molar-refractivity contribution < 1.29 is 23.8 Å². The van der Waals surface area contributed by atoms with Crippen LogP contribution in [0, 0.1) is 0 Å². The number of allylic oxidation sites excluding steroid dienone is 2. The average molecular weight is 355 g/mol. The molecular weight excluding hydrogens is 334 g/mol. The quantitative estimate of drug-likeness (QED) is 0.774. The number of esters is 2. The Labute approximate surface area is 152 Å². The monoisotopic (exact) mass is 355 g/mol. The van der Waals surface area contributed by atoms with Crippen LogP contribution in [0.25, 0.3) is 5.57 Å². The number of hydrogen-bond donors (Lipinski definition) is 0. The Bertz CT molecular complexity index is 869.